The Bertz CT molecular complexity index is 1130. The molecule has 0 aliphatic carbocycles. The molecule has 2 aromatic rings. The van der Waals surface area contributed by atoms with Crippen molar-refractivity contribution >= 4 is 23.5 Å². The quantitative estimate of drug-likeness (QED) is 0.764. The molecule has 2 saturated heterocycles. The number of fused-ring (bicyclic) bond motifs is 1. The maximum Gasteiger partial charge on any atom is 0.342 e. The van der Waals surface area contributed by atoms with E-state index in [0.29, 0.717) is 30.9 Å². The lowest BCUT2D eigenvalue weighted by Gasteiger charge is -2.36. The van der Waals surface area contributed by atoms with Crippen LogP contribution in [0.5, 0.6) is 0 Å². The Morgan fingerprint density at radius 1 is 0.879 bits per heavy atom. The fraction of sp³-hybridized carbons (Fsp3) is 0.348. The van der Waals surface area contributed by atoms with Crippen molar-refractivity contribution in [2.24, 2.45) is 0 Å². The molecule has 1 N–H and O–H groups in total. The number of urea groups is 1. The maximum atomic E-state index is 14.1. The molecule has 2 fully saturated rings. The summed E-state index contributed by atoms with van der Waals surface area (Å²) in [7, 11) is 0. The monoisotopic (exact) mass is 455 g/mol. The Hall–Kier alpha value is -3.53. The minimum Gasteiger partial charge on any atom is -0.367 e. The zero-order valence-corrected chi connectivity index (χ0v) is 17.9. The first-order valence-corrected chi connectivity index (χ1v) is 10.9. The van der Waals surface area contributed by atoms with Crippen molar-refractivity contribution in [2.45, 2.75) is 19.5 Å². The number of halogens is 2. The molecule has 3 aliphatic heterocycles. The highest BCUT2D eigenvalue weighted by molar-refractivity contribution is 6.01. The smallest absolute Gasteiger partial charge is 0.342 e. The second-order valence-electron chi connectivity index (χ2n) is 8.44. The first kappa shape index (κ1) is 21.3. The van der Waals surface area contributed by atoms with Crippen LogP contribution in [0.15, 0.2) is 36.4 Å². The van der Waals surface area contributed by atoms with Crippen LogP contribution in [0.25, 0.3) is 0 Å². The second-order valence-corrected chi connectivity index (χ2v) is 8.44. The third kappa shape index (κ3) is 4.13. The predicted octanol–water partition coefficient (Wildman–Crippen LogP) is 2.10. The maximum absolute atomic E-state index is 14.1. The largest absolute Gasteiger partial charge is 0.367 e. The number of hydrogen-bond donors (Lipinski definition) is 1. The number of anilines is 1. The first-order chi connectivity index (χ1) is 15.9. The van der Waals surface area contributed by atoms with Crippen LogP contribution in [0.4, 0.5) is 19.3 Å². The lowest BCUT2D eigenvalue weighted by atomic mass is 10.1. The first-order valence-electron chi connectivity index (χ1n) is 10.9. The normalized spacial score (nSPS) is 19.2. The molecule has 10 heteroatoms. The average Bonchev–Trinajstić information content (AvgIpc) is 3.10. The van der Waals surface area contributed by atoms with Crippen molar-refractivity contribution in [1.29, 1.82) is 0 Å². The molecule has 0 saturated carbocycles. The van der Waals surface area contributed by atoms with E-state index >= 15 is 0 Å². The van der Waals surface area contributed by atoms with E-state index in [1.54, 1.807) is 6.07 Å². The van der Waals surface area contributed by atoms with Crippen molar-refractivity contribution in [3.05, 3.63) is 64.7 Å². The predicted molar refractivity (Wildman–Crippen MR) is 115 cm³/mol. The van der Waals surface area contributed by atoms with E-state index in [2.05, 4.69) is 10.2 Å². The summed E-state index contributed by atoms with van der Waals surface area (Å²) in [5, 5.41) is 4.91. The number of nitrogens with one attached hydrogen (secondary N) is 1. The van der Waals surface area contributed by atoms with Gasteiger partial charge in [0.25, 0.3) is 5.91 Å². The van der Waals surface area contributed by atoms with Crippen molar-refractivity contribution in [2.75, 3.05) is 37.6 Å². The van der Waals surface area contributed by atoms with Gasteiger partial charge in [0.1, 0.15) is 11.6 Å². The molecule has 5 rings (SSSR count). The van der Waals surface area contributed by atoms with Crippen molar-refractivity contribution in [3.8, 4) is 0 Å². The summed E-state index contributed by atoms with van der Waals surface area (Å²) in [5.41, 5.74) is 2.85. The van der Waals surface area contributed by atoms with Gasteiger partial charge in [0, 0.05) is 50.8 Å². The minimum absolute atomic E-state index is 0.158. The minimum atomic E-state index is -0.585. The number of rotatable bonds is 4. The molecule has 0 bridgehead atoms. The van der Waals surface area contributed by atoms with Crippen LogP contribution in [0.2, 0.25) is 0 Å². The van der Waals surface area contributed by atoms with Gasteiger partial charge in [-0.2, -0.15) is 0 Å². The third-order valence-corrected chi connectivity index (χ3v) is 6.31. The molecule has 0 spiro atoms. The van der Waals surface area contributed by atoms with Gasteiger partial charge in [-0.05, 0) is 29.3 Å². The molecule has 3 aliphatic rings. The van der Waals surface area contributed by atoms with Gasteiger partial charge in [-0.3, -0.25) is 19.8 Å². The zero-order chi connectivity index (χ0) is 23.1. The molecule has 0 unspecified atom stereocenters. The summed E-state index contributed by atoms with van der Waals surface area (Å²) in [6.45, 7) is 3.84. The van der Waals surface area contributed by atoms with E-state index in [1.165, 1.54) is 22.2 Å². The van der Waals surface area contributed by atoms with Gasteiger partial charge in [0.2, 0.25) is 5.91 Å². The number of hydrogen-bond acceptors (Lipinski definition) is 5. The van der Waals surface area contributed by atoms with E-state index in [9.17, 15) is 23.2 Å². The fourth-order valence-corrected chi connectivity index (χ4v) is 4.58. The number of imide groups is 1. The van der Waals surface area contributed by atoms with E-state index in [4.69, 9.17) is 0 Å². The highest BCUT2D eigenvalue weighted by Gasteiger charge is 2.37. The van der Waals surface area contributed by atoms with Gasteiger partial charge < -0.3 is 4.90 Å². The van der Waals surface area contributed by atoms with Crippen LogP contribution in [0, 0.1) is 11.6 Å². The lowest BCUT2D eigenvalue weighted by molar-refractivity contribution is -0.123. The molecular formula is C23H23F2N5O3. The van der Waals surface area contributed by atoms with Crippen molar-refractivity contribution in [3.63, 3.8) is 0 Å². The highest BCUT2D eigenvalue weighted by atomic mass is 19.1. The number of nitrogens with zero attached hydrogens (tertiary/aromatic N) is 4. The van der Waals surface area contributed by atoms with Crippen LogP contribution in [0.3, 0.4) is 0 Å². The number of hydrazine groups is 1. The third-order valence-electron chi connectivity index (χ3n) is 6.31. The molecule has 2 aromatic carbocycles. The van der Waals surface area contributed by atoms with Gasteiger partial charge in [-0.1, -0.05) is 12.1 Å². The summed E-state index contributed by atoms with van der Waals surface area (Å²) >= 11 is 0. The zero-order valence-electron chi connectivity index (χ0n) is 17.9. The number of piperazine rings is 1. The van der Waals surface area contributed by atoms with E-state index in [0.717, 1.165) is 30.3 Å². The molecule has 0 radical (unpaired) electrons. The number of carbonyl (C=O) groups is 3. The van der Waals surface area contributed by atoms with Gasteiger partial charge in [-0.15, -0.1) is 0 Å². The summed E-state index contributed by atoms with van der Waals surface area (Å²) < 4.78 is 27.3. The molecule has 8 nitrogen and oxygen atoms in total. The van der Waals surface area contributed by atoms with Gasteiger partial charge >= 0.3 is 6.03 Å². The molecule has 3 heterocycles. The van der Waals surface area contributed by atoms with Gasteiger partial charge in [0.15, 0.2) is 0 Å². The van der Waals surface area contributed by atoms with Crippen LogP contribution >= 0.6 is 0 Å². The SMILES string of the molecule is O=C1CCN(N2Cc3cc(CN4CCN(c5ccc(F)cc5F)CC4)ccc3C2=O)C(=O)N1. The summed E-state index contributed by atoms with van der Waals surface area (Å²) in [4.78, 5) is 40.5. The standard InChI is InChI=1S/C23H23F2N5O3/c24-17-2-4-20(19(25)12-17)28-9-7-27(8-10-28)13-15-1-3-18-16(11-15)14-30(22(18)32)29-6-5-21(31)26-23(29)33/h1-4,11-12H,5-10,13-14H2,(H,26,31,33). The van der Waals surface area contributed by atoms with Crippen LogP contribution in [-0.4, -0.2) is 65.5 Å². The highest BCUT2D eigenvalue weighted by Crippen LogP contribution is 2.27. The van der Waals surface area contributed by atoms with Crippen LogP contribution in [0.1, 0.15) is 27.9 Å². The lowest BCUT2D eigenvalue weighted by Crippen LogP contribution is -2.56. The summed E-state index contributed by atoms with van der Waals surface area (Å²) in [6.07, 6.45) is 0.158. The Labute approximate surface area is 189 Å². The van der Waals surface area contributed by atoms with E-state index in [-0.39, 0.29) is 31.3 Å². The Morgan fingerprint density at radius 3 is 2.39 bits per heavy atom. The number of carbonyl (C=O) groups excluding carboxylic acids is 3. The molecule has 4 amide bonds. The summed E-state index contributed by atoms with van der Waals surface area (Å²) in [6, 6.07) is 8.74. The summed E-state index contributed by atoms with van der Waals surface area (Å²) in [5.74, 6) is -1.73. The molecule has 33 heavy (non-hydrogen) atoms. The Morgan fingerprint density at radius 2 is 1.67 bits per heavy atom. The van der Waals surface area contributed by atoms with Crippen LogP contribution in [-0.2, 0) is 17.9 Å². The Balaban J connectivity index is 1.21. The van der Waals surface area contributed by atoms with E-state index in [1.807, 2.05) is 17.0 Å². The Kier molecular flexibility index (Phi) is 5.45. The van der Waals surface area contributed by atoms with Crippen LogP contribution < -0.4 is 10.2 Å². The fourth-order valence-electron chi connectivity index (χ4n) is 4.58. The molecule has 0 atom stereocenters. The van der Waals surface area contributed by atoms with E-state index < -0.39 is 17.7 Å². The second kappa shape index (κ2) is 8.43. The molecule has 172 valence electrons. The number of benzene rings is 2. The average molecular weight is 455 g/mol. The van der Waals surface area contributed by atoms with Crippen molar-refractivity contribution in [1.82, 2.24) is 20.2 Å². The molecular weight excluding hydrogens is 432 g/mol. The van der Waals surface area contributed by atoms with Gasteiger partial charge in [-0.25, -0.2) is 23.6 Å². The number of amides is 4. The molecule has 0 aromatic heterocycles. The van der Waals surface area contributed by atoms with Gasteiger partial charge in [0.05, 0.1) is 18.8 Å². The van der Waals surface area contributed by atoms with Crippen molar-refractivity contribution < 1.29 is 23.2 Å². The topological polar surface area (TPSA) is 76.2 Å².